The average Bonchev–Trinajstić information content (AvgIpc) is 1.52. The zero-order chi connectivity index (χ0) is 91.7. The summed E-state index contributed by atoms with van der Waals surface area (Å²) < 4.78 is 0. The van der Waals surface area contributed by atoms with Gasteiger partial charge in [0.15, 0.2) is 0 Å². The van der Waals surface area contributed by atoms with E-state index in [9.17, 15) is 0 Å². The maximum Gasteiger partial charge on any atom is 0.0540 e. The van der Waals surface area contributed by atoms with Crippen LogP contribution in [0.15, 0.2) is 522 Å². The fourth-order valence-electron chi connectivity index (χ4n) is 22.3. The van der Waals surface area contributed by atoms with Gasteiger partial charge in [-0.2, -0.15) is 0 Å². The van der Waals surface area contributed by atoms with Crippen molar-refractivity contribution in [3.05, 3.63) is 522 Å². The third-order valence-electron chi connectivity index (χ3n) is 28.3. The van der Waals surface area contributed by atoms with E-state index in [1.807, 2.05) is 24.3 Å². The summed E-state index contributed by atoms with van der Waals surface area (Å²) in [7, 11) is 4.15. The molecule has 28 aromatic rings. The normalized spacial score (nSPS) is 11.6. The highest BCUT2D eigenvalue weighted by atomic mass is 15.2. The first-order valence-corrected chi connectivity index (χ1v) is 47.7. The van der Waals surface area contributed by atoms with Crippen LogP contribution in [0.1, 0.15) is 0 Å². The van der Waals surface area contributed by atoms with Gasteiger partial charge in [0.25, 0.3) is 0 Å². The molecule has 4 heteroatoms. The van der Waals surface area contributed by atoms with Gasteiger partial charge in [0.05, 0.1) is 11.4 Å². The zero-order valence-corrected chi connectivity index (χ0v) is 76.4. The first kappa shape index (κ1) is 82.0. The molecule has 0 saturated carbocycles. The molecule has 4 nitrogen and oxygen atoms in total. The van der Waals surface area contributed by atoms with Crippen LogP contribution in [0.4, 0.5) is 56.9 Å². The van der Waals surface area contributed by atoms with Gasteiger partial charge in [-0.15, -0.1) is 0 Å². The molecule has 28 aromatic carbocycles. The lowest BCUT2D eigenvalue weighted by Gasteiger charge is -2.27. The highest BCUT2D eigenvalue weighted by Gasteiger charge is 2.31. The summed E-state index contributed by atoms with van der Waals surface area (Å²) in [6.07, 6.45) is 0. The maximum atomic E-state index is 2.51. The largest absolute Gasteiger partial charge is 0.345 e. The van der Waals surface area contributed by atoms with Gasteiger partial charge in [-0.05, 0) is 318 Å². The minimum Gasteiger partial charge on any atom is -0.345 e. The molecule has 0 radical (unpaired) electrons. The summed E-state index contributed by atoms with van der Waals surface area (Å²) in [5.41, 5.74) is 21.8. The molecule has 648 valence electrons. The SMILES string of the molecule is CN(c1ccccc1)c1ccccc1.CN(c1ccccc1)c1ccccc1.c1ccc(-c2c3cc4c(cc3c(-c3ccccc3)c3c5ccc(N(c6ccccc6)c6ccccc6)c6cccc(c23)c65)c2cccc3cccc4c32)cc1.c1ccc(-c2c3cc4c(cc3c(-c3ccccc3)c3c5ccc(N(c6ccccc6)c6ccccc6)c6cccc(c23)c65)c2cccc3cccc4c32)cc1. The molecule has 0 aliphatic rings. The lowest BCUT2D eigenvalue weighted by molar-refractivity contribution is 1.21. The lowest BCUT2D eigenvalue weighted by atomic mass is 9.85. The predicted molar refractivity (Wildman–Crippen MR) is 596 cm³/mol. The Hall–Kier alpha value is -18.0. The number of fused-ring (bicyclic) bond motifs is 14. The number of hydrogen-bond acceptors (Lipinski definition) is 4. The van der Waals surface area contributed by atoms with Crippen LogP contribution in [-0.2, 0) is 0 Å². The molecule has 0 fully saturated rings. The van der Waals surface area contributed by atoms with Crippen molar-refractivity contribution in [3.63, 3.8) is 0 Å². The second-order valence-electron chi connectivity index (χ2n) is 36.0. The third kappa shape index (κ3) is 14.0. The summed E-state index contributed by atoms with van der Waals surface area (Å²) in [6.45, 7) is 0. The van der Waals surface area contributed by atoms with Gasteiger partial charge in [0, 0.05) is 70.4 Å². The van der Waals surface area contributed by atoms with Crippen LogP contribution in [-0.4, -0.2) is 14.1 Å². The van der Waals surface area contributed by atoms with Gasteiger partial charge in [0.1, 0.15) is 0 Å². The Bertz CT molecular complexity index is 8290. The van der Waals surface area contributed by atoms with Gasteiger partial charge < -0.3 is 19.6 Å². The summed E-state index contributed by atoms with van der Waals surface area (Å²) >= 11 is 0. The van der Waals surface area contributed by atoms with Gasteiger partial charge in [-0.25, -0.2) is 0 Å². The number of nitrogens with zero attached hydrogens (tertiary/aromatic N) is 4. The van der Waals surface area contributed by atoms with Crippen molar-refractivity contribution in [2.24, 2.45) is 0 Å². The molecule has 0 amide bonds. The molecule has 0 aliphatic carbocycles. The molecule has 0 aromatic heterocycles. The first-order valence-electron chi connectivity index (χ1n) is 47.7. The number of anilines is 10. The van der Waals surface area contributed by atoms with Crippen molar-refractivity contribution in [2.75, 3.05) is 33.7 Å². The molecule has 0 spiro atoms. The van der Waals surface area contributed by atoms with E-state index in [2.05, 4.69) is 531 Å². The van der Waals surface area contributed by atoms with E-state index in [0.29, 0.717) is 0 Å². The quantitative estimate of drug-likeness (QED) is 0.108. The second-order valence-corrected chi connectivity index (χ2v) is 36.0. The smallest absolute Gasteiger partial charge is 0.0540 e. The number of rotatable bonds is 14. The summed E-state index contributed by atoms with van der Waals surface area (Å²) in [5.74, 6) is 0. The van der Waals surface area contributed by atoms with E-state index >= 15 is 0 Å². The summed E-state index contributed by atoms with van der Waals surface area (Å²) in [6, 6.07) is 189. The second kappa shape index (κ2) is 34.9. The molecule has 138 heavy (non-hydrogen) atoms. The zero-order valence-electron chi connectivity index (χ0n) is 76.4. The van der Waals surface area contributed by atoms with Crippen molar-refractivity contribution < 1.29 is 0 Å². The van der Waals surface area contributed by atoms with Crippen LogP contribution >= 0.6 is 0 Å². The Morgan fingerprint density at radius 1 is 0.123 bits per heavy atom. The Balaban J connectivity index is 0.000000114. The highest BCUT2D eigenvalue weighted by molar-refractivity contribution is 6.45. The number of benzene rings is 24. The Morgan fingerprint density at radius 2 is 0.312 bits per heavy atom. The van der Waals surface area contributed by atoms with Crippen molar-refractivity contribution >= 4 is 208 Å². The van der Waals surface area contributed by atoms with Crippen molar-refractivity contribution in [2.45, 2.75) is 0 Å². The lowest BCUT2D eigenvalue weighted by Crippen LogP contribution is -2.10. The molecule has 28 rings (SSSR count). The fourth-order valence-corrected chi connectivity index (χ4v) is 22.3. The van der Waals surface area contributed by atoms with E-state index in [4.69, 9.17) is 0 Å². The van der Waals surface area contributed by atoms with Crippen LogP contribution in [0.3, 0.4) is 0 Å². The number of hydrogen-bond donors (Lipinski definition) is 0. The van der Waals surface area contributed by atoms with Crippen LogP contribution in [0, 0.1) is 0 Å². The van der Waals surface area contributed by atoms with E-state index in [0.717, 1.165) is 22.7 Å². The molecule has 0 N–H and O–H groups in total. The average molecular weight is 1760 g/mol. The molecule has 0 bridgehead atoms. The van der Waals surface area contributed by atoms with Crippen molar-refractivity contribution in [1.29, 1.82) is 0 Å². The molecule has 0 unspecified atom stereocenters. The summed E-state index contributed by atoms with van der Waals surface area (Å²) in [4.78, 5) is 9.14. The van der Waals surface area contributed by atoms with Crippen LogP contribution < -0.4 is 19.6 Å². The fraction of sp³-hybridized carbons (Fsp3) is 0.0149. The molecule has 0 atom stereocenters. The monoisotopic (exact) mass is 1760 g/mol. The highest BCUT2D eigenvalue weighted by Crippen LogP contribution is 2.58. The van der Waals surface area contributed by atoms with Crippen molar-refractivity contribution in [3.8, 4) is 44.5 Å². The van der Waals surface area contributed by atoms with Gasteiger partial charge >= 0.3 is 0 Å². The molecular formula is C134H92N4. The molecule has 0 aliphatic heterocycles. The molecule has 0 heterocycles. The minimum atomic E-state index is 1.13. The molecular weight excluding hydrogens is 1670 g/mol. The van der Waals surface area contributed by atoms with Crippen LogP contribution in [0.2, 0.25) is 0 Å². The van der Waals surface area contributed by atoms with E-state index in [1.54, 1.807) is 0 Å². The van der Waals surface area contributed by atoms with Gasteiger partial charge in [-0.3, -0.25) is 0 Å². The Morgan fingerprint density at radius 3 is 0.543 bits per heavy atom. The topological polar surface area (TPSA) is 13.0 Å². The van der Waals surface area contributed by atoms with Crippen LogP contribution in [0.25, 0.3) is 195 Å². The van der Waals surface area contributed by atoms with E-state index < -0.39 is 0 Å². The van der Waals surface area contributed by atoms with E-state index in [1.165, 1.54) is 229 Å². The third-order valence-corrected chi connectivity index (χ3v) is 28.3. The van der Waals surface area contributed by atoms with E-state index in [-0.39, 0.29) is 0 Å². The van der Waals surface area contributed by atoms with Crippen LogP contribution in [0.5, 0.6) is 0 Å². The summed E-state index contributed by atoms with van der Waals surface area (Å²) in [5, 5.41) is 36.5. The number of para-hydroxylation sites is 8. The standard InChI is InChI=1S/2C54H33N.2C13H13N/c2*1-5-16-35(17-6-1)50-46-32-44-39-26-13-20-34-21-14-27-40(49(34)39)45(44)33-47(46)51(36-18-7-2-8-19-36)54-43-30-31-48(41-28-15-29-42(52(41)43)53(50)54)55(37-22-9-3-10-23-37)38-24-11-4-12-25-38;2*1-14(12-8-4-2-5-9-12)13-10-6-3-7-11-13/h2*1-33H;2*2-11H,1H3. The first-order chi connectivity index (χ1) is 68.4. The van der Waals surface area contributed by atoms with Gasteiger partial charge in [0.2, 0.25) is 0 Å². The Labute approximate surface area is 801 Å². The Kier molecular flexibility index (Phi) is 20.7. The predicted octanol–water partition coefficient (Wildman–Crippen LogP) is 37.8. The molecule has 0 saturated heterocycles. The minimum absolute atomic E-state index is 1.13. The maximum absolute atomic E-state index is 2.51. The van der Waals surface area contributed by atoms with Gasteiger partial charge in [-0.1, -0.05) is 388 Å². The van der Waals surface area contributed by atoms with Crippen molar-refractivity contribution in [1.82, 2.24) is 0 Å².